The molecular formula is C45H62N10O8. The Labute approximate surface area is 368 Å². The van der Waals surface area contributed by atoms with Crippen molar-refractivity contribution in [3.8, 4) is 0 Å². The van der Waals surface area contributed by atoms with Crippen LogP contribution in [0, 0.1) is 11.8 Å². The molecule has 4 N–H and O–H groups in total. The summed E-state index contributed by atoms with van der Waals surface area (Å²) in [5.74, 6) is -4.71. The van der Waals surface area contributed by atoms with E-state index in [0.29, 0.717) is 45.3 Å². The minimum absolute atomic E-state index is 0.0884. The third-order valence-electron chi connectivity index (χ3n) is 11.5. The number of benzene rings is 2. The fraction of sp³-hybridized carbons (Fsp3) is 0.556. The van der Waals surface area contributed by atoms with Crippen molar-refractivity contribution in [1.29, 1.82) is 0 Å². The molecular weight excluding hydrogens is 809 g/mol. The van der Waals surface area contributed by atoms with E-state index in [1.807, 2.05) is 61.5 Å². The number of ketones is 1. The fourth-order valence-electron chi connectivity index (χ4n) is 7.88. The van der Waals surface area contributed by atoms with E-state index in [1.54, 1.807) is 44.2 Å². The number of unbranched alkanes of at least 4 members (excludes halogenated alkanes) is 1. The first-order valence-electron chi connectivity index (χ1n) is 22.0. The Bertz CT molecular complexity index is 2050. The van der Waals surface area contributed by atoms with E-state index >= 15 is 0 Å². The van der Waals surface area contributed by atoms with Gasteiger partial charge in [-0.1, -0.05) is 95.6 Å². The van der Waals surface area contributed by atoms with Crippen molar-refractivity contribution in [2.75, 3.05) is 13.1 Å². The summed E-state index contributed by atoms with van der Waals surface area (Å²) in [7, 11) is 0. The molecule has 18 heteroatoms. The zero-order chi connectivity index (χ0) is 45.6. The molecule has 1 fully saturated rings. The van der Waals surface area contributed by atoms with Crippen LogP contribution in [-0.4, -0.2) is 115 Å². The van der Waals surface area contributed by atoms with Crippen molar-refractivity contribution in [2.45, 2.75) is 136 Å². The first-order valence-corrected chi connectivity index (χ1v) is 22.0. The van der Waals surface area contributed by atoms with Crippen LogP contribution in [0.2, 0.25) is 0 Å². The molecule has 340 valence electrons. The number of hydrogen-bond donors (Lipinski definition) is 4. The van der Waals surface area contributed by atoms with E-state index in [-0.39, 0.29) is 37.6 Å². The largest absolute Gasteiger partial charge is 0.444 e. The summed E-state index contributed by atoms with van der Waals surface area (Å²) < 4.78 is 7.55. The number of amides is 6. The van der Waals surface area contributed by atoms with Gasteiger partial charge < -0.3 is 35.8 Å². The number of aryl methyl sites for hydroxylation is 1. The summed E-state index contributed by atoms with van der Waals surface area (Å²) in [4.78, 5) is 99.2. The molecule has 0 radical (unpaired) electrons. The SMILES string of the molecule is CCCC(NC(=O)[C@@H]1C[C@@H](OC(=O)N2CCc3ccccc3C2)CN1C(=O)[C@@H](NC(=O)[C@@H](NC(=O)CCCCn1cnnn1)C(C)C)C(C)C)C(=O)C(=O)N[C@@H](C)c1ccccc1. The highest BCUT2D eigenvalue weighted by Gasteiger charge is 2.46. The van der Waals surface area contributed by atoms with E-state index in [2.05, 4.69) is 36.8 Å². The molecule has 6 amide bonds. The van der Waals surface area contributed by atoms with Gasteiger partial charge in [0.1, 0.15) is 30.6 Å². The molecule has 18 nitrogen and oxygen atoms in total. The van der Waals surface area contributed by atoms with Crippen LogP contribution in [0.1, 0.15) is 103 Å². The lowest BCUT2D eigenvalue weighted by atomic mass is 9.98. The topological polar surface area (TPSA) is 227 Å². The van der Waals surface area contributed by atoms with Gasteiger partial charge in [0.15, 0.2) is 0 Å². The number of hydrogen-bond acceptors (Lipinski definition) is 11. The van der Waals surface area contributed by atoms with Gasteiger partial charge in [0.2, 0.25) is 29.4 Å². The second-order valence-corrected chi connectivity index (χ2v) is 17.1. The minimum Gasteiger partial charge on any atom is -0.444 e. The molecule has 0 spiro atoms. The number of aromatic nitrogens is 4. The highest BCUT2D eigenvalue weighted by atomic mass is 16.6. The van der Waals surface area contributed by atoms with E-state index in [4.69, 9.17) is 4.74 Å². The van der Waals surface area contributed by atoms with Crippen LogP contribution in [0.5, 0.6) is 0 Å². The molecule has 5 rings (SSSR count). The third kappa shape index (κ3) is 13.2. The molecule has 0 aliphatic carbocycles. The fourth-order valence-corrected chi connectivity index (χ4v) is 7.88. The van der Waals surface area contributed by atoms with E-state index in [9.17, 15) is 33.6 Å². The van der Waals surface area contributed by atoms with E-state index < -0.39 is 77.7 Å². The Kier molecular flexibility index (Phi) is 17.3. The number of rotatable bonds is 20. The normalized spacial score (nSPS) is 17.8. The highest BCUT2D eigenvalue weighted by Crippen LogP contribution is 2.26. The zero-order valence-corrected chi connectivity index (χ0v) is 37.1. The van der Waals surface area contributed by atoms with Crippen molar-refractivity contribution in [3.63, 3.8) is 0 Å². The van der Waals surface area contributed by atoms with Crippen LogP contribution >= 0.6 is 0 Å². The molecule has 3 aromatic rings. The monoisotopic (exact) mass is 870 g/mol. The maximum Gasteiger partial charge on any atom is 0.410 e. The Hall–Kier alpha value is -6.20. The lowest BCUT2D eigenvalue weighted by molar-refractivity contribution is -0.144. The van der Waals surface area contributed by atoms with Crippen molar-refractivity contribution >= 4 is 41.4 Å². The van der Waals surface area contributed by atoms with Crippen molar-refractivity contribution < 1.29 is 38.3 Å². The van der Waals surface area contributed by atoms with Crippen molar-refractivity contribution in [1.82, 2.24) is 51.3 Å². The van der Waals surface area contributed by atoms with Gasteiger partial charge in [-0.2, -0.15) is 0 Å². The Balaban J connectivity index is 1.30. The lowest BCUT2D eigenvalue weighted by Gasteiger charge is -2.32. The van der Waals surface area contributed by atoms with Gasteiger partial charge in [-0.05, 0) is 71.6 Å². The molecule has 2 aromatic carbocycles. The summed E-state index contributed by atoms with van der Waals surface area (Å²) in [6.45, 7) is 11.8. The average Bonchev–Trinajstić information content (AvgIpc) is 3.96. The first kappa shape index (κ1) is 47.8. The van der Waals surface area contributed by atoms with E-state index in [1.165, 1.54) is 11.2 Å². The molecule has 0 saturated carbocycles. The van der Waals surface area contributed by atoms with Crippen LogP contribution in [0.25, 0.3) is 0 Å². The summed E-state index contributed by atoms with van der Waals surface area (Å²) in [6, 6.07) is 12.0. The van der Waals surface area contributed by atoms with Crippen LogP contribution in [-0.2, 0) is 53.0 Å². The molecule has 3 heterocycles. The second kappa shape index (κ2) is 22.8. The quantitative estimate of drug-likeness (QED) is 0.0954. The molecule has 2 aliphatic heterocycles. The van der Waals surface area contributed by atoms with Crippen LogP contribution in [0.3, 0.4) is 0 Å². The maximum atomic E-state index is 14.6. The number of likely N-dealkylation sites (tertiary alicyclic amines) is 1. The first-order chi connectivity index (χ1) is 30.2. The summed E-state index contributed by atoms with van der Waals surface area (Å²) in [5, 5.41) is 22.1. The van der Waals surface area contributed by atoms with Gasteiger partial charge in [0, 0.05) is 32.5 Å². The van der Waals surface area contributed by atoms with Crippen LogP contribution in [0.15, 0.2) is 60.9 Å². The van der Waals surface area contributed by atoms with Gasteiger partial charge in [-0.3, -0.25) is 28.8 Å². The number of nitrogens with zero attached hydrogens (tertiary/aromatic N) is 6. The minimum atomic E-state index is -1.22. The number of carbonyl (C=O) groups is 7. The van der Waals surface area contributed by atoms with Crippen LogP contribution < -0.4 is 21.3 Å². The average molecular weight is 871 g/mol. The lowest BCUT2D eigenvalue weighted by Crippen LogP contribution is -2.59. The van der Waals surface area contributed by atoms with E-state index in [0.717, 1.165) is 16.7 Å². The zero-order valence-electron chi connectivity index (χ0n) is 37.1. The number of fused-ring (bicyclic) bond motifs is 1. The molecule has 1 saturated heterocycles. The van der Waals surface area contributed by atoms with Gasteiger partial charge in [-0.15, -0.1) is 5.10 Å². The van der Waals surface area contributed by atoms with Crippen LogP contribution in [0.4, 0.5) is 4.79 Å². The number of tetrazole rings is 1. The number of nitrogens with one attached hydrogen (secondary N) is 4. The molecule has 0 bridgehead atoms. The predicted molar refractivity (Wildman–Crippen MR) is 231 cm³/mol. The van der Waals surface area contributed by atoms with Crippen molar-refractivity contribution in [3.05, 3.63) is 77.6 Å². The standard InChI is InChI=1S/C45H62N10O8/c1-7-15-35(40(57)43(60)47-30(6)31-16-9-8-10-17-31)48-41(58)36-24-34(63-45(62)53-23-21-32-18-11-12-19-33(32)25-53)26-55(36)44(61)39(29(4)5)50-42(59)38(28(2)3)49-37(56)20-13-14-22-54-27-46-51-52-54/h8-12,16-19,27-30,34-36,38-39H,7,13-15,20-26H2,1-6H3,(H,47,60)(H,48,58)(H,49,56)(H,50,59)/t30-,34+,35?,36-,38-,39-/m0/s1. The van der Waals surface area contributed by atoms with Gasteiger partial charge in [0.25, 0.3) is 5.91 Å². The third-order valence-corrected chi connectivity index (χ3v) is 11.5. The molecule has 6 atom stereocenters. The molecule has 1 aromatic heterocycles. The molecule has 63 heavy (non-hydrogen) atoms. The Morgan fingerprint density at radius 3 is 2.19 bits per heavy atom. The van der Waals surface area contributed by atoms with Gasteiger partial charge >= 0.3 is 6.09 Å². The van der Waals surface area contributed by atoms with Gasteiger partial charge in [0.05, 0.1) is 18.6 Å². The predicted octanol–water partition coefficient (Wildman–Crippen LogP) is 3.02. The van der Waals surface area contributed by atoms with Gasteiger partial charge in [-0.25, -0.2) is 9.48 Å². The Morgan fingerprint density at radius 2 is 1.52 bits per heavy atom. The maximum absolute atomic E-state index is 14.6. The number of carbonyl (C=O) groups excluding carboxylic acids is 7. The number of ether oxygens (including phenoxy) is 1. The molecule has 1 unspecified atom stereocenters. The summed E-state index contributed by atoms with van der Waals surface area (Å²) in [6.07, 6.45) is 2.49. The highest BCUT2D eigenvalue weighted by molar-refractivity contribution is 6.38. The second-order valence-electron chi connectivity index (χ2n) is 17.1. The summed E-state index contributed by atoms with van der Waals surface area (Å²) >= 11 is 0. The molecule has 2 aliphatic rings. The Morgan fingerprint density at radius 1 is 0.825 bits per heavy atom. The smallest absolute Gasteiger partial charge is 0.410 e. The number of Topliss-reactive ketones (excluding diaryl/α,β-unsaturated/α-hetero) is 1. The van der Waals surface area contributed by atoms with Crippen molar-refractivity contribution in [2.24, 2.45) is 11.8 Å². The summed E-state index contributed by atoms with van der Waals surface area (Å²) in [5.41, 5.74) is 2.95.